The zero-order valence-corrected chi connectivity index (χ0v) is 5.87. The van der Waals surface area contributed by atoms with E-state index in [2.05, 4.69) is 10.1 Å². The number of nitrogens with one attached hydrogen (secondary N) is 1. The lowest BCUT2D eigenvalue weighted by Crippen LogP contribution is -2.33. The van der Waals surface area contributed by atoms with E-state index in [0.717, 1.165) is 13.0 Å². The van der Waals surface area contributed by atoms with E-state index in [1.165, 1.54) is 0 Å². The summed E-state index contributed by atoms with van der Waals surface area (Å²) < 4.78 is 3.95. The standard InChI is InChI=1S/C6H9NO4/c8-5(11-6(9)10)4-2-1-3-7-4/h4,7H,1-3H2,(H,9,10)/t4-/m0/s1. The third-order valence-electron chi connectivity index (χ3n) is 1.53. The fraction of sp³-hybridized carbons (Fsp3) is 0.667. The third-order valence-corrected chi connectivity index (χ3v) is 1.53. The van der Waals surface area contributed by atoms with Crippen LogP contribution >= 0.6 is 0 Å². The molecular formula is C6H9NO4. The van der Waals surface area contributed by atoms with Gasteiger partial charge < -0.3 is 15.2 Å². The minimum atomic E-state index is -1.54. The van der Waals surface area contributed by atoms with E-state index in [-0.39, 0.29) is 0 Å². The van der Waals surface area contributed by atoms with E-state index in [4.69, 9.17) is 5.11 Å². The summed E-state index contributed by atoms with van der Waals surface area (Å²) in [7, 11) is 0. The molecular weight excluding hydrogens is 150 g/mol. The van der Waals surface area contributed by atoms with Crippen molar-refractivity contribution in [3.8, 4) is 0 Å². The summed E-state index contributed by atoms with van der Waals surface area (Å²) in [4.78, 5) is 20.7. The number of rotatable bonds is 1. The lowest BCUT2D eigenvalue weighted by molar-refractivity contribution is -0.141. The smallest absolute Gasteiger partial charge is 0.449 e. The molecule has 0 amide bonds. The molecule has 1 aliphatic rings. The van der Waals surface area contributed by atoms with Gasteiger partial charge in [0.15, 0.2) is 0 Å². The highest BCUT2D eigenvalue weighted by molar-refractivity contribution is 5.85. The lowest BCUT2D eigenvalue weighted by Gasteiger charge is -2.05. The third kappa shape index (κ3) is 2.19. The molecule has 1 rings (SSSR count). The van der Waals surface area contributed by atoms with Crippen molar-refractivity contribution in [2.24, 2.45) is 0 Å². The minimum Gasteiger partial charge on any atom is -0.449 e. The maximum atomic E-state index is 10.8. The number of hydrogen-bond acceptors (Lipinski definition) is 4. The molecule has 0 saturated carbocycles. The van der Waals surface area contributed by atoms with E-state index in [1.807, 2.05) is 0 Å². The van der Waals surface area contributed by atoms with Crippen LogP contribution in [0, 0.1) is 0 Å². The number of hydrogen-bond donors (Lipinski definition) is 2. The predicted molar refractivity (Wildman–Crippen MR) is 35.1 cm³/mol. The zero-order valence-electron chi connectivity index (χ0n) is 5.87. The normalized spacial score (nSPS) is 23.1. The molecule has 0 unspecified atom stereocenters. The molecule has 0 spiro atoms. The molecule has 1 saturated heterocycles. The van der Waals surface area contributed by atoms with Gasteiger partial charge in [-0.3, -0.25) is 0 Å². The van der Waals surface area contributed by atoms with Crippen LogP contribution in [0.5, 0.6) is 0 Å². The van der Waals surface area contributed by atoms with E-state index < -0.39 is 18.2 Å². The van der Waals surface area contributed by atoms with Crippen molar-refractivity contribution in [2.45, 2.75) is 18.9 Å². The van der Waals surface area contributed by atoms with Crippen molar-refractivity contribution in [3.05, 3.63) is 0 Å². The van der Waals surface area contributed by atoms with Crippen LogP contribution in [-0.2, 0) is 9.53 Å². The maximum Gasteiger partial charge on any atom is 0.513 e. The van der Waals surface area contributed by atoms with Gasteiger partial charge in [0.2, 0.25) is 0 Å². The second kappa shape index (κ2) is 3.34. The van der Waals surface area contributed by atoms with Crippen LogP contribution in [0.3, 0.4) is 0 Å². The fourth-order valence-electron chi connectivity index (χ4n) is 1.04. The lowest BCUT2D eigenvalue weighted by atomic mass is 10.2. The first kappa shape index (κ1) is 8.00. The molecule has 5 nitrogen and oxygen atoms in total. The Hall–Kier alpha value is -1.10. The van der Waals surface area contributed by atoms with Crippen LogP contribution in [0.4, 0.5) is 4.79 Å². The van der Waals surface area contributed by atoms with Crippen LogP contribution in [0.1, 0.15) is 12.8 Å². The number of ether oxygens (including phenoxy) is 1. The predicted octanol–water partition coefficient (Wildman–Crippen LogP) is -0.0404. The van der Waals surface area contributed by atoms with Crippen molar-refractivity contribution in [2.75, 3.05) is 6.54 Å². The van der Waals surface area contributed by atoms with Crippen molar-refractivity contribution in [3.63, 3.8) is 0 Å². The quantitative estimate of drug-likeness (QED) is 0.414. The Kier molecular flexibility index (Phi) is 2.43. The highest BCUT2D eigenvalue weighted by atomic mass is 16.7. The molecule has 0 aromatic carbocycles. The number of carboxylic acid groups (broad SMARTS) is 1. The average molecular weight is 159 g/mol. The Bertz CT molecular complexity index is 173. The van der Waals surface area contributed by atoms with Crippen LogP contribution in [0.2, 0.25) is 0 Å². The van der Waals surface area contributed by atoms with Crippen molar-refractivity contribution < 1.29 is 19.4 Å². The maximum absolute atomic E-state index is 10.8. The molecule has 2 N–H and O–H groups in total. The first-order chi connectivity index (χ1) is 5.20. The summed E-state index contributed by atoms with van der Waals surface area (Å²) in [5.41, 5.74) is 0. The van der Waals surface area contributed by atoms with E-state index in [9.17, 15) is 9.59 Å². The van der Waals surface area contributed by atoms with Gasteiger partial charge >= 0.3 is 12.1 Å². The van der Waals surface area contributed by atoms with Gasteiger partial charge in [-0.2, -0.15) is 0 Å². The van der Waals surface area contributed by atoms with E-state index >= 15 is 0 Å². The first-order valence-electron chi connectivity index (χ1n) is 3.38. The van der Waals surface area contributed by atoms with Crippen molar-refractivity contribution in [1.82, 2.24) is 5.32 Å². The summed E-state index contributed by atoms with van der Waals surface area (Å²) in [6.45, 7) is 0.749. The molecule has 1 heterocycles. The molecule has 11 heavy (non-hydrogen) atoms. The summed E-state index contributed by atoms with van der Waals surface area (Å²) in [6, 6.07) is -0.425. The van der Waals surface area contributed by atoms with Crippen LogP contribution < -0.4 is 5.32 Å². The number of carbonyl (C=O) groups excluding carboxylic acids is 1. The molecule has 1 aliphatic heterocycles. The zero-order chi connectivity index (χ0) is 8.27. The molecule has 0 radical (unpaired) electrons. The Labute approximate surface area is 63.3 Å². The Morgan fingerprint density at radius 1 is 1.55 bits per heavy atom. The summed E-state index contributed by atoms with van der Waals surface area (Å²) in [5, 5.41) is 10.9. The molecule has 0 aromatic heterocycles. The minimum absolute atomic E-state index is 0.425. The van der Waals surface area contributed by atoms with Gasteiger partial charge in [-0.05, 0) is 19.4 Å². The Morgan fingerprint density at radius 3 is 2.73 bits per heavy atom. The van der Waals surface area contributed by atoms with Crippen LogP contribution in [0.25, 0.3) is 0 Å². The van der Waals surface area contributed by atoms with Gasteiger partial charge in [-0.1, -0.05) is 0 Å². The van der Waals surface area contributed by atoms with E-state index in [1.54, 1.807) is 0 Å². The molecule has 0 aliphatic carbocycles. The Morgan fingerprint density at radius 2 is 2.27 bits per heavy atom. The largest absolute Gasteiger partial charge is 0.513 e. The van der Waals surface area contributed by atoms with Crippen LogP contribution in [-0.4, -0.2) is 29.8 Å². The molecule has 0 bridgehead atoms. The van der Waals surface area contributed by atoms with Gasteiger partial charge in [0.1, 0.15) is 6.04 Å². The summed E-state index contributed by atoms with van der Waals surface area (Å²) in [5.74, 6) is -0.699. The van der Waals surface area contributed by atoms with Gasteiger partial charge in [-0.25, -0.2) is 9.59 Å². The number of carbonyl (C=O) groups is 2. The summed E-state index contributed by atoms with van der Waals surface area (Å²) in [6.07, 6.45) is 0.00888. The van der Waals surface area contributed by atoms with Crippen LogP contribution in [0.15, 0.2) is 0 Å². The second-order valence-corrected chi connectivity index (χ2v) is 2.34. The molecule has 5 heteroatoms. The van der Waals surface area contributed by atoms with Crippen molar-refractivity contribution >= 4 is 12.1 Å². The first-order valence-corrected chi connectivity index (χ1v) is 3.38. The average Bonchev–Trinajstić information content (AvgIpc) is 2.35. The SMILES string of the molecule is O=C(O)OC(=O)[C@@H]1CCCN1. The Balaban J connectivity index is 2.34. The highest BCUT2D eigenvalue weighted by Gasteiger charge is 2.25. The van der Waals surface area contributed by atoms with Gasteiger partial charge in [0, 0.05) is 0 Å². The van der Waals surface area contributed by atoms with Gasteiger partial charge in [0.25, 0.3) is 0 Å². The summed E-state index contributed by atoms with van der Waals surface area (Å²) >= 11 is 0. The molecule has 1 atom stereocenters. The molecule has 0 aromatic rings. The molecule has 62 valence electrons. The second-order valence-electron chi connectivity index (χ2n) is 2.34. The molecule has 1 fully saturated rings. The topological polar surface area (TPSA) is 75.6 Å². The van der Waals surface area contributed by atoms with Gasteiger partial charge in [-0.15, -0.1) is 0 Å². The monoisotopic (exact) mass is 159 g/mol. The fourth-order valence-corrected chi connectivity index (χ4v) is 1.04. The highest BCUT2D eigenvalue weighted by Crippen LogP contribution is 2.06. The van der Waals surface area contributed by atoms with Crippen molar-refractivity contribution in [1.29, 1.82) is 0 Å². The van der Waals surface area contributed by atoms with E-state index in [0.29, 0.717) is 6.42 Å². The van der Waals surface area contributed by atoms with Gasteiger partial charge in [0.05, 0.1) is 0 Å². The number of esters is 1.